The zero-order chi connectivity index (χ0) is 14.7. The molecule has 2 atom stereocenters. The van der Waals surface area contributed by atoms with E-state index in [0.717, 1.165) is 13.0 Å². The summed E-state index contributed by atoms with van der Waals surface area (Å²) >= 11 is 6.61. The summed E-state index contributed by atoms with van der Waals surface area (Å²) in [4.78, 5) is 2.59. The van der Waals surface area contributed by atoms with Gasteiger partial charge in [0.2, 0.25) is 0 Å². The van der Waals surface area contributed by atoms with E-state index in [4.69, 9.17) is 11.6 Å². The lowest BCUT2D eigenvalue weighted by Gasteiger charge is -2.29. The second kappa shape index (κ2) is 7.05. The zero-order valence-electron chi connectivity index (χ0n) is 13.3. The van der Waals surface area contributed by atoms with Gasteiger partial charge in [-0.05, 0) is 55.4 Å². The van der Waals surface area contributed by atoms with Crippen molar-refractivity contribution in [1.29, 1.82) is 0 Å². The number of halogens is 1. The summed E-state index contributed by atoms with van der Waals surface area (Å²) in [6.45, 7) is 3.40. The van der Waals surface area contributed by atoms with Gasteiger partial charge in [0.15, 0.2) is 0 Å². The molecule has 0 aromatic heterocycles. The van der Waals surface area contributed by atoms with E-state index < -0.39 is 0 Å². The van der Waals surface area contributed by atoms with E-state index in [0.29, 0.717) is 11.4 Å². The molecule has 1 aromatic carbocycles. The number of hydrogen-bond acceptors (Lipinski definition) is 1. The minimum absolute atomic E-state index is 0.333. The van der Waals surface area contributed by atoms with Crippen LogP contribution in [0.4, 0.5) is 5.69 Å². The van der Waals surface area contributed by atoms with E-state index in [1.165, 1.54) is 57.1 Å². The summed E-state index contributed by atoms with van der Waals surface area (Å²) < 4.78 is 0. The Bertz CT molecular complexity index is 471. The lowest BCUT2D eigenvalue weighted by molar-refractivity contribution is 0.550. The van der Waals surface area contributed by atoms with Crippen LogP contribution in [0.25, 0.3) is 0 Å². The molecular formula is C19H28ClN. The van der Waals surface area contributed by atoms with Gasteiger partial charge in [0.05, 0.1) is 5.38 Å². The fraction of sp³-hybridized carbons (Fsp3) is 0.684. The van der Waals surface area contributed by atoms with Crippen LogP contribution >= 0.6 is 11.6 Å². The van der Waals surface area contributed by atoms with E-state index >= 15 is 0 Å². The van der Waals surface area contributed by atoms with E-state index in [9.17, 15) is 0 Å². The first-order valence-corrected chi connectivity index (χ1v) is 9.25. The van der Waals surface area contributed by atoms with Crippen molar-refractivity contribution in [3.05, 3.63) is 29.3 Å². The molecule has 0 N–H and O–H groups in total. The predicted molar refractivity (Wildman–Crippen MR) is 92.6 cm³/mol. The number of fused-ring (bicyclic) bond motifs is 1. The summed E-state index contributed by atoms with van der Waals surface area (Å²) in [7, 11) is 0. The summed E-state index contributed by atoms with van der Waals surface area (Å²) in [5.41, 5.74) is 4.56. The number of benzene rings is 1. The number of anilines is 1. The third-order valence-electron chi connectivity index (χ3n) is 5.23. The van der Waals surface area contributed by atoms with Gasteiger partial charge in [-0.1, -0.05) is 38.7 Å². The van der Waals surface area contributed by atoms with Crippen LogP contribution in [0.5, 0.6) is 0 Å². The number of aryl methyl sites for hydroxylation is 2. The summed E-state index contributed by atoms with van der Waals surface area (Å²) in [5.74, 6) is 0. The maximum atomic E-state index is 6.61. The summed E-state index contributed by atoms with van der Waals surface area (Å²) in [6, 6.07) is 7.67. The van der Waals surface area contributed by atoms with Crippen molar-refractivity contribution in [3.63, 3.8) is 0 Å². The van der Waals surface area contributed by atoms with Gasteiger partial charge in [0, 0.05) is 18.3 Å². The lowest BCUT2D eigenvalue weighted by Crippen LogP contribution is -2.33. The predicted octanol–water partition coefficient (Wildman–Crippen LogP) is 5.33. The Balaban J connectivity index is 1.67. The first kappa shape index (κ1) is 15.2. The van der Waals surface area contributed by atoms with Crippen molar-refractivity contribution in [2.45, 2.75) is 76.1 Å². The van der Waals surface area contributed by atoms with Crippen LogP contribution in [-0.4, -0.2) is 18.0 Å². The van der Waals surface area contributed by atoms with E-state index in [1.54, 1.807) is 11.1 Å². The average Bonchev–Trinajstić information content (AvgIpc) is 3.09. The quantitative estimate of drug-likeness (QED) is 0.507. The molecule has 2 heteroatoms. The van der Waals surface area contributed by atoms with Crippen molar-refractivity contribution in [2.24, 2.45) is 0 Å². The molecule has 3 rings (SSSR count). The first-order valence-electron chi connectivity index (χ1n) is 8.82. The van der Waals surface area contributed by atoms with Crippen LogP contribution in [0, 0.1) is 0 Å². The van der Waals surface area contributed by atoms with Crippen LogP contribution in [0.3, 0.4) is 0 Å². The molecule has 21 heavy (non-hydrogen) atoms. The fourth-order valence-corrected chi connectivity index (χ4v) is 4.35. The highest BCUT2D eigenvalue weighted by molar-refractivity contribution is 6.21. The Morgan fingerprint density at radius 3 is 2.86 bits per heavy atom. The molecule has 116 valence electrons. The monoisotopic (exact) mass is 305 g/mol. The molecule has 1 saturated heterocycles. The molecule has 2 aliphatic rings. The number of alkyl halides is 1. The molecule has 0 saturated carbocycles. The highest BCUT2D eigenvalue weighted by Gasteiger charge is 2.32. The molecule has 1 fully saturated rings. The summed E-state index contributed by atoms with van der Waals surface area (Å²) in [5, 5.41) is 0.333. The van der Waals surface area contributed by atoms with Crippen molar-refractivity contribution < 1.29 is 0 Å². The zero-order valence-corrected chi connectivity index (χ0v) is 14.0. The number of hydrogen-bond donors (Lipinski definition) is 0. The van der Waals surface area contributed by atoms with Crippen molar-refractivity contribution in [3.8, 4) is 0 Å². The SMILES string of the molecule is CCCCCCC1C(Cl)CCN1c1ccc2c(c1)CCC2. The molecule has 1 aliphatic carbocycles. The molecule has 1 aromatic rings. The van der Waals surface area contributed by atoms with Crippen LogP contribution < -0.4 is 4.90 Å². The van der Waals surface area contributed by atoms with Gasteiger partial charge >= 0.3 is 0 Å². The van der Waals surface area contributed by atoms with E-state index in [1.807, 2.05) is 0 Å². The van der Waals surface area contributed by atoms with Gasteiger partial charge in [-0.3, -0.25) is 0 Å². The third kappa shape index (κ3) is 3.39. The Morgan fingerprint density at radius 2 is 2.00 bits per heavy atom. The second-order valence-electron chi connectivity index (χ2n) is 6.72. The molecule has 0 bridgehead atoms. The Labute approximate surface area is 134 Å². The molecular weight excluding hydrogens is 278 g/mol. The maximum absolute atomic E-state index is 6.61. The minimum Gasteiger partial charge on any atom is -0.367 e. The van der Waals surface area contributed by atoms with Crippen LogP contribution in [-0.2, 0) is 12.8 Å². The second-order valence-corrected chi connectivity index (χ2v) is 7.28. The Morgan fingerprint density at radius 1 is 1.14 bits per heavy atom. The van der Waals surface area contributed by atoms with Crippen LogP contribution in [0.15, 0.2) is 18.2 Å². The van der Waals surface area contributed by atoms with E-state index in [-0.39, 0.29) is 0 Å². The van der Waals surface area contributed by atoms with Gasteiger partial charge in [-0.25, -0.2) is 0 Å². The highest BCUT2D eigenvalue weighted by Crippen LogP contribution is 2.34. The largest absolute Gasteiger partial charge is 0.367 e. The smallest absolute Gasteiger partial charge is 0.0556 e. The molecule has 0 spiro atoms. The molecule has 0 radical (unpaired) electrons. The normalized spacial score (nSPS) is 24.6. The standard InChI is InChI=1S/C19H28ClN/c1-2-3-4-5-9-19-18(20)12-13-21(19)17-11-10-15-7-6-8-16(15)14-17/h10-11,14,18-19H,2-9,12-13H2,1H3. The Kier molecular flexibility index (Phi) is 5.11. The molecule has 1 nitrogen and oxygen atoms in total. The van der Waals surface area contributed by atoms with Gasteiger partial charge in [-0.2, -0.15) is 0 Å². The van der Waals surface area contributed by atoms with Gasteiger partial charge in [0.1, 0.15) is 0 Å². The van der Waals surface area contributed by atoms with Crippen LogP contribution in [0.1, 0.15) is 63.0 Å². The lowest BCUT2D eigenvalue weighted by atomic mass is 10.0. The first-order chi connectivity index (χ1) is 10.3. The van der Waals surface area contributed by atoms with E-state index in [2.05, 4.69) is 30.0 Å². The van der Waals surface area contributed by atoms with Crippen molar-refractivity contribution in [1.82, 2.24) is 0 Å². The van der Waals surface area contributed by atoms with Crippen LogP contribution in [0.2, 0.25) is 0 Å². The van der Waals surface area contributed by atoms with Gasteiger partial charge in [-0.15, -0.1) is 11.6 Å². The molecule has 1 heterocycles. The number of unbranched alkanes of at least 4 members (excludes halogenated alkanes) is 3. The maximum Gasteiger partial charge on any atom is 0.0556 e. The summed E-state index contributed by atoms with van der Waals surface area (Å²) in [6.07, 6.45) is 11.6. The van der Waals surface area contributed by atoms with Crippen molar-refractivity contribution in [2.75, 3.05) is 11.4 Å². The minimum atomic E-state index is 0.333. The fourth-order valence-electron chi connectivity index (χ4n) is 3.99. The van der Waals surface area contributed by atoms with Gasteiger partial charge < -0.3 is 4.90 Å². The topological polar surface area (TPSA) is 3.24 Å². The average molecular weight is 306 g/mol. The molecule has 1 aliphatic heterocycles. The Hall–Kier alpha value is -0.690. The number of nitrogens with zero attached hydrogens (tertiary/aromatic N) is 1. The molecule has 0 amide bonds. The molecule has 2 unspecified atom stereocenters. The van der Waals surface area contributed by atoms with Gasteiger partial charge in [0.25, 0.3) is 0 Å². The van der Waals surface area contributed by atoms with Crippen molar-refractivity contribution >= 4 is 17.3 Å². The third-order valence-corrected chi connectivity index (χ3v) is 5.74. The number of rotatable bonds is 6. The highest BCUT2D eigenvalue weighted by atomic mass is 35.5.